The molecule has 0 radical (unpaired) electrons. The maximum absolute atomic E-state index is 12.6. The van der Waals surface area contributed by atoms with Gasteiger partial charge in [0.2, 0.25) is 5.91 Å². The molecular weight excluding hydrogens is 426 g/mol. The average Bonchev–Trinajstić information content (AvgIpc) is 2.96. The Hall–Kier alpha value is -3.33. The summed E-state index contributed by atoms with van der Waals surface area (Å²) in [6, 6.07) is 7.71. The van der Waals surface area contributed by atoms with Crippen LogP contribution in [0, 0.1) is 20.8 Å². The second-order valence-corrected chi connectivity index (χ2v) is 8.55. The molecule has 2 aromatic heterocycles. The largest absolute Gasteiger partial charge is 0.493 e. The lowest BCUT2D eigenvalue weighted by molar-refractivity contribution is -0.113. The Bertz CT molecular complexity index is 1170. The molecule has 0 spiro atoms. The van der Waals surface area contributed by atoms with E-state index >= 15 is 0 Å². The summed E-state index contributed by atoms with van der Waals surface area (Å²) in [4.78, 5) is 21.6. The molecule has 1 atom stereocenters. The zero-order chi connectivity index (χ0) is 22.8. The van der Waals surface area contributed by atoms with Crippen molar-refractivity contribution in [2.24, 2.45) is 0 Å². The number of fused-ring (bicyclic) bond motifs is 1. The van der Waals surface area contributed by atoms with E-state index in [1.807, 2.05) is 45.0 Å². The summed E-state index contributed by atoms with van der Waals surface area (Å²) in [5, 5.41) is 7.57. The van der Waals surface area contributed by atoms with Gasteiger partial charge >= 0.3 is 0 Å². The van der Waals surface area contributed by atoms with Gasteiger partial charge in [-0.25, -0.2) is 9.97 Å². The number of methoxy groups -OCH3 is 1. The topological polar surface area (TPSA) is 91.2 Å². The lowest BCUT2D eigenvalue weighted by Crippen LogP contribution is -2.17. The van der Waals surface area contributed by atoms with Crippen molar-refractivity contribution in [3.63, 3.8) is 0 Å². The first-order valence-electron chi connectivity index (χ1n) is 10.2. The van der Waals surface area contributed by atoms with Gasteiger partial charge in [-0.15, -0.1) is 11.8 Å². The number of anilines is 1. The average molecular weight is 452 g/mol. The number of hydrogen-bond acceptors (Lipinski definition) is 7. The minimum atomic E-state index is -0.133. The van der Waals surface area contributed by atoms with Crippen molar-refractivity contribution in [2.75, 3.05) is 24.8 Å². The quantitative estimate of drug-likeness (QED) is 0.568. The van der Waals surface area contributed by atoms with E-state index in [2.05, 4.69) is 21.9 Å². The first-order valence-corrected chi connectivity index (χ1v) is 11.2. The molecule has 1 amide bonds. The summed E-state index contributed by atoms with van der Waals surface area (Å²) >= 11 is 1.54. The zero-order valence-corrected chi connectivity index (χ0v) is 19.3. The third-order valence-electron chi connectivity index (χ3n) is 5.01. The SMILES string of the molecule is C=CCOc1ccc([C@@H]2SCC(=O)Nc3c2c(C)nn3-c2nc(C)cc(C)n2)cc1OC. The maximum Gasteiger partial charge on any atom is 0.252 e. The van der Waals surface area contributed by atoms with Gasteiger partial charge in [0.1, 0.15) is 12.4 Å². The number of aromatic nitrogens is 4. The Labute approximate surface area is 191 Å². The van der Waals surface area contributed by atoms with Crippen molar-refractivity contribution >= 4 is 23.5 Å². The molecule has 1 N–H and O–H groups in total. The van der Waals surface area contributed by atoms with Crippen LogP contribution < -0.4 is 14.8 Å². The highest BCUT2D eigenvalue weighted by Crippen LogP contribution is 2.45. The van der Waals surface area contributed by atoms with Gasteiger partial charge in [0, 0.05) is 17.0 Å². The Morgan fingerprint density at radius 1 is 1.22 bits per heavy atom. The molecule has 1 aliphatic heterocycles. The number of thioether (sulfide) groups is 1. The molecule has 166 valence electrons. The number of ether oxygens (including phenoxy) is 2. The monoisotopic (exact) mass is 451 g/mol. The molecule has 9 heteroatoms. The van der Waals surface area contributed by atoms with Crippen LogP contribution >= 0.6 is 11.8 Å². The van der Waals surface area contributed by atoms with E-state index in [-0.39, 0.29) is 11.2 Å². The summed E-state index contributed by atoms with van der Waals surface area (Å²) in [5.74, 6) is 2.51. The molecule has 0 bridgehead atoms. The molecule has 0 saturated heterocycles. The fourth-order valence-electron chi connectivity index (χ4n) is 3.71. The van der Waals surface area contributed by atoms with Gasteiger partial charge in [0.05, 0.1) is 23.8 Å². The van der Waals surface area contributed by atoms with Crippen LogP contribution in [0.15, 0.2) is 36.9 Å². The standard InChI is InChI=1S/C23H25N5O3S/c1-6-9-31-17-8-7-16(11-18(17)30-5)21-20-15(4)27-28(22(20)26-19(29)12-32-21)23-24-13(2)10-14(3)25-23/h6-8,10-11,21H,1,9,12H2,2-5H3,(H,26,29)/t21-/m0/s1. The van der Waals surface area contributed by atoms with Gasteiger partial charge < -0.3 is 14.8 Å². The molecule has 0 aliphatic carbocycles. The van der Waals surface area contributed by atoms with E-state index in [4.69, 9.17) is 14.6 Å². The molecule has 0 fully saturated rings. The molecule has 8 nitrogen and oxygen atoms in total. The molecule has 0 unspecified atom stereocenters. The minimum absolute atomic E-state index is 0.0952. The number of rotatable bonds is 6. The highest BCUT2D eigenvalue weighted by molar-refractivity contribution is 8.00. The third kappa shape index (κ3) is 4.20. The van der Waals surface area contributed by atoms with Gasteiger partial charge in [-0.1, -0.05) is 18.7 Å². The number of amides is 1. The molecule has 0 saturated carbocycles. The smallest absolute Gasteiger partial charge is 0.252 e. The Morgan fingerprint density at radius 2 is 1.97 bits per heavy atom. The van der Waals surface area contributed by atoms with Crippen LogP contribution in [0.4, 0.5) is 5.82 Å². The van der Waals surface area contributed by atoms with E-state index in [1.165, 1.54) is 0 Å². The summed E-state index contributed by atoms with van der Waals surface area (Å²) in [5.41, 5.74) is 4.37. The van der Waals surface area contributed by atoms with E-state index in [0.717, 1.165) is 28.2 Å². The molecule has 4 rings (SSSR count). The van der Waals surface area contributed by atoms with Gasteiger partial charge in [0.25, 0.3) is 5.95 Å². The van der Waals surface area contributed by atoms with Crippen LogP contribution in [0.25, 0.3) is 5.95 Å². The number of hydrogen-bond donors (Lipinski definition) is 1. The van der Waals surface area contributed by atoms with Gasteiger partial charge in [-0.2, -0.15) is 9.78 Å². The van der Waals surface area contributed by atoms with E-state index in [9.17, 15) is 4.79 Å². The van der Waals surface area contributed by atoms with Crippen molar-refractivity contribution in [2.45, 2.75) is 26.0 Å². The summed E-state index contributed by atoms with van der Waals surface area (Å²) < 4.78 is 12.9. The lowest BCUT2D eigenvalue weighted by Gasteiger charge is -2.18. The van der Waals surface area contributed by atoms with Crippen LogP contribution in [0.2, 0.25) is 0 Å². The predicted molar refractivity (Wildman–Crippen MR) is 125 cm³/mol. The van der Waals surface area contributed by atoms with Crippen molar-refractivity contribution in [3.8, 4) is 17.4 Å². The van der Waals surface area contributed by atoms with Crippen molar-refractivity contribution in [3.05, 3.63) is 65.1 Å². The number of carbonyl (C=O) groups is 1. The fraction of sp³-hybridized carbons (Fsp3) is 0.304. The Kier molecular flexibility index (Phi) is 6.18. The summed E-state index contributed by atoms with van der Waals surface area (Å²) in [6.45, 7) is 9.82. The number of benzene rings is 1. The van der Waals surface area contributed by atoms with E-state index in [1.54, 1.807) is 29.6 Å². The van der Waals surface area contributed by atoms with Crippen molar-refractivity contribution in [1.82, 2.24) is 19.7 Å². The zero-order valence-electron chi connectivity index (χ0n) is 18.5. The minimum Gasteiger partial charge on any atom is -0.493 e. The first kappa shape index (κ1) is 21.9. The summed E-state index contributed by atoms with van der Waals surface area (Å²) in [6.07, 6.45) is 1.69. The number of nitrogens with zero attached hydrogens (tertiary/aromatic N) is 4. The second-order valence-electron chi connectivity index (χ2n) is 7.46. The fourth-order valence-corrected chi connectivity index (χ4v) is 4.89. The molecule has 3 aromatic rings. The molecule has 1 aromatic carbocycles. The van der Waals surface area contributed by atoms with E-state index in [0.29, 0.717) is 35.6 Å². The predicted octanol–water partition coefficient (Wildman–Crippen LogP) is 3.94. The second kappa shape index (κ2) is 9.04. The van der Waals surface area contributed by atoms with E-state index < -0.39 is 0 Å². The number of nitrogens with one attached hydrogen (secondary N) is 1. The summed E-state index contributed by atoms with van der Waals surface area (Å²) in [7, 11) is 1.61. The van der Waals surface area contributed by atoms with Crippen molar-refractivity contribution in [1.29, 1.82) is 0 Å². The van der Waals surface area contributed by atoms with Crippen LogP contribution in [0.5, 0.6) is 11.5 Å². The van der Waals surface area contributed by atoms with Crippen LogP contribution in [-0.4, -0.2) is 45.1 Å². The first-order chi connectivity index (χ1) is 15.4. The van der Waals surface area contributed by atoms with Gasteiger partial charge in [-0.3, -0.25) is 4.79 Å². The highest BCUT2D eigenvalue weighted by atomic mass is 32.2. The number of carbonyl (C=O) groups excluding carboxylic acids is 1. The van der Waals surface area contributed by atoms with Gasteiger partial charge in [-0.05, 0) is 44.5 Å². The maximum atomic E-state index is 12.6. The van der Waals surface area contributed by atoms with Crippen LogP contribution in [-0.2, 0) is 4.79 Å². The van der Waals surface area contributed by atoms with Crippen LogP contribution in [0.3, 0.4) is 0 Å². The van der Waals surface area contributed by atoms with Gasteiger partial charge in [0.15, 0.2) is 11.5 Å². The Morgan fingerprint density at radius 3 is 2.66 bits per heavy atom. The molecule has 3 heterocycles. The third-order valence-corrected chi connectivity index (χ3v) is 6.28. The van der Waals surface area contributed by atoms with Crippen LogP contribution in [0.1, 0.15) is 33.5 Å². The molecule has 32 heavy (non-hydrogen) atoms. The number of aryl methyl sites for hydroxylation is 3. The molecular formula is C23H25N5O3S. The van der Waals surface area contributed by atoms with Crippen molar-refractivity contribution < 1.29 is 14.3 Å². The Balaban J connectivity index is 1.83. The highest BCUT2D eigenvalue weighted by Gasteiger charge is 2.31. The lowest BCUT2D eigenvalue weighted by atomic mass is 10.0. The normalized spacial score (nSPS) is 15.5. The molecule has 1 aliphatic rings.